The molecule has 21 heavy (non-hydrogen) atoms. The summed E-state index contributed by atoms with van der Waals surface area (Å²) in [6, 6.07) is 9.57. The second-order valence-corrected chi connectivity index (χ2v) is 5.88. The Labute approximate surface area is 126 Å². The van der Waals surface area contributed by atoms with Gasteiger partial charge in [0.15, 0.2) is 0 Å². The fourth-order valence-electron chi connectivity index (χ4n) is 2.99. The summed E-state index contributed by atoms with van der Waals surface area (Å²) >= 11 is 0. The summed E-state index contributed by atoms with van der Waals surface area (Å²) in [6.07, 6.45) is 6.68. The van der Waals surface area contributed by atoms with Crippen molar-refractivity contribution in [2.75, 3.05) is 11.9 Å². The van der Waals surface area contributed by atoms with E-state index >= 15 is 0 Å². The fourth-order valence-corrected chi connectivity index (χ4v) is 2.99. The van der Waals surface area contributed by atoms with Gasteiger partial charge in [-0.25, -0.2) is 0 Å². The molecule has 1 aliphatic carbocycles. The van der Waals surface area contributed by atoms with Gasteiger partial charge in [-0.2, -0.15) is 5.26 Å². The molecule has 3 N–H and O–H groups in total. The van der Waals surface area contributed by atoms with Crippen LogP contribution in [0.1, 0.15) is 44.1 Å². The van der Waals surface area contributed by atoms with Crippen molar-refractivity contribution >= 4 is 11.6 Å². The average molecular weight is 285 g/mol. The van der Waals surface area contributed by atoms with Gasteiger partial charge >= 0.3 is 0 Å². The maximum atomic E-state index is 12.6. The number of carbonyl (C=O) groups excluding carboxylic acids is 1. The van der Waals surface area contributed by atoms with Crippen molar-refractivity contribution in [3.05, 3.63) is 29.8 Å². The Balaban J connectivity index is 2.06. The lowest BCUT2D eigenvalue weighted by Gasteiger charge is -2.29. The predicted molar refractivity (Wildman–Crippen MR) is 83.6 cm³/mol. The van der Waals surface area contributed by atoms with Gasteiger partial charge in [-0.1, -0.05) is 37.8 Å². The molecule has 0 bridgehead atoms. The first-order valence-corrected chi connectivity index (χ1v) is 7.68. The van der Waals surface area contributed by atoms with Crippen molar-refractivity contribution in [2.45, 2.75) is 44.9 Å². The highest BCUT2D eigenvalue weighted by atomic mass is 16.2. The number of nitrogens with two attached hydrogens (primary N) is 1. The zero-order chi connectivity index (χ0) is 15.1. The van der Waals surface area contributed by atoms with Crippen molar-refractivity contribution < 1.29 is 4.79 Å². The summed E-state index contributed by atoms with van der Waals surface area (Å²) in [7, 11) is 0. The van der Waals surface area contributed by atoms with Crippen molar-refractivity contribution in [3.8, 4) is 6.07 Å². The van der Waals surface area contributed by atoms with Gasteiger partial charge in [0, 0.05) is 12.2 Å². The zero-order valence-electron chi connectivity index (χ0n) is 12.4. The number of benzene rings is 1. The number of anilines is 1. The molecule has 0 atom stereocenters. The lowest BCUT2D eigenvalue weighted by atomic mass is 9.79. The molecule has 1 fully saturated rings. The molecule has 4 heteroatoms. The minimum atomic E-state index is -0.415. The van der Waals surface area contributed by atoms with E-state index in [0.29, 0.717) is 13.0 Å². The van der Waals surface area contributed by atoms with Crippen LogP contribution in [0.4, 0.5) is 5.69 Å². The Bertz CT molecular complexity index is 508. The van der Waals surface area contributed by atoms with E-state index in [2.05, 4.69) is 11.4 Å². The van der Waals surface area contributed by atoms with Crippen LogP contribution in [0.3, 0.4) is 0 Å². The SMILES string of the molecule is N#CCc1ccc(NC(=O)C2(CN)CCCCCC2)cc1. The standard InChI is InChI=1S/C17H23N3O/c18-12-9-14-5-7-15(8-6-14)20-16(21)17(13-19)10-3-1-2-4-11-17/h5-8H,1-4,9-11,13,19H2,(H,20,21). The number of nitrogens with one attached hydrogen (secondary N) is 1. The molecule has 1 aromatic carbocycles. The van der Waals surface area contributed by atoms with E-state index in [1.165, 1.54) is 12.8 Å². The summed E-state index contributed by atoms with van der Waals surface area (Å²) in [5.74, 6) is 0.0416. The average Bonchev–Trinajstić information content (AvgIpc) is 2.76. The van der Waals surface area contributed by atoms with E-state index in [4.69, 9.17) is 11.0 Å². The Morgan fingerprint density at radius 2 is 1.81 bits per heavy atom. The van der Waals surface area contributed by atoms with Crippen molar-refractivity contribution in [1.82, 2.24) is 0 Å². The van der Waals surface area contributed by atoms with Crippen molar-refractivity contribution in [3.63, 3.8) is 0 Å². The van der Waals surface area contributed by atoms with Crippen LogP contribution in [0.2, 0.25) is 0 Å². The molecule has 1 amide bonds. The highest BCUT2D eigenvalue weighted by Gasteiger charge is 2.37. The molecular weight excluding hydrogens is 262 g/mol. The molecule has 0 aliphatic heterocycles. The van der Waals surface area contributed by atoms with Gasteiger partial charge in [0.1, 0.15) is 0 Å². The lowest BCUT2D eigenvalue weighted by Crippen LogP contribution is -2.42. The van der Waals surface area contributed by atoms with Gasteiger partial charge in [-0.05, 0) is 30.5 Å². The molecule has 112 valence electrons. The third-order valence-electron chi connectivity index (χ3n) is 4.43. The number of carbonyl (C=O) groups is 1. The summed E-state index contributed by atoms with van der Waals surface area (Å²) in [6.45, 7) is 0.408. The van der Waals surface area contributed by atoms with Gasteiger partial charge < -0.3 is 11.1 Å². The van der Waals surface area contributed by atoms with Gasteiger partial charge in [0.2, 0.25) is 5.91 Å². The summed E-state index contributed by atoms with van der Waals surface area (Å²) in [5.41, 5.74) is 7.25. The molecule has 1 aromatic rings. The number of amides is 1. The van der Waals surface area contributed by atoms with Crippen LogP contribution in [0.25, 0.3) is 0 Å². The zero-order valence-corrected chi connectivity index (χ0v) is 12.4. The van der Waals surface area contributed by atoms with Gasteiger partial charge in [0.25, 0.3) is 0 Å². The number of nitriles is 1. The molecule has 1 aliphatic rings. The smallest absolute Gasteiger partial charge is 0.231 e. The van der Waals surface area contributed by atoms with E-state index in [1.54, 1.807) is 0 Å². The van der Waals surface area contributed by atoms with Gasteiger partial charge in [-0.3, -0.25) is 4.79 Å². The van der Waals surface area contributed by atoms with Crippen LogP contribution in [0, 0.1) is 16.7 Å². The molecular formula is C17H23N3O. The van der Waals surface area contributed by atoms with Crippen LogP contribution < -0.4 is 11.1 Å². The molecule has 0 saturated heterocycles. The van der Waals surface area contributed by atoms with Crippen LogP contribution in [0.5, 0.6) is 0 Å². The Hall–Kier alpha value is -1.86. The molecule has 1 saturated carbocycles. The molecule has 0 radical (unpaired) electrons. The lowest BCUT2D eigenvalue weighted by molar-refractivity contribution is -0.125. The molecule has 4 nitrogen and oxygen atoms in total. The monoisotopic (exact) mass is 285 g/mol. The maximum absolute atomic E-state index is 12.6. The van der Waals surface area contributed by atoms with E-state index in [0.717, 1.165) is 36.9 Å². The Morgan fingerprint density at radius 1 is 1.19 bits per heavy atom. The first kappa shape index (κ1) is 15.5. The van der Waals surface area contributed by atoms with Crippen LogP contribution >= 0.6 is 0 Å². The molecule has 0 spiro atoms. The number of hydrogen-bond acceptors (Lipinski definition) is 3. The molecule has 2 rings (SSSR count). The van der Waals surface area contributed by atoms with Gasteiger partial charge in [-0.15, -0.1) is 0 Å². The number of nitrogens with zero attached hydrogens (tertiary/aromatic N) is 1. The highest BCUT2D eigenvalue weighted by molar-refractivity contribution is 5.95. The van der Waals surface area contributed by atoms with Crippen LogP contribution in [-0.2, 0) is 11.2 Å². The Morgan fingerprint density at radius 3 is 2.33 bits per heavy atom. The minimum absolute atomic E-state index is 0.0416. The third-order valence-corrected chi connectivity index (χ3v) is 4.43. The fraction of sp³-hybridized carbons (Fsp3) is 0.529. The predicted octanol–water partition coefficient (Wildman–Crippen LogP) is 2.99. The second-order valence-electron chi connectivity index (χ2n) is 5.88. The second kappa shape index (κ2) is 7.24. The van der Waals surface area contributed by atoms with Crippen LogP contribution in [0.15, 0.2) is 24.3 Å². The number of rotatable bonds is 4. The third kappa shape index (κ3) is 3.83. The van der Waals surface area contributed by atoms with E-state index in [-0.39, 0.29) is 5.91 Å². The maximum Gasteiger partial charge on any atom is 0.231 e. The molecule has 0 aromatic heterocycles. The number of hydrogen-bond donors (Lipinski definition) is 2. The van der Waals surface area contributed by atoms with E-state index in [1.807, 2.05) is 24.3 Å². The highest BCUT2D eigenvalue weighted by Crippen LogP contribution is 2.35. The van der Waals surface area contributed by atoms with E-state index in [9.17, 15) is 4.79 Å². The van der Waals surface area contributed by atoms with Crippen molar-refractivity contribution in [2.24, 2.45) is 11.1 Å². The first-order chi connectivity index (χ1) is 10.2. The van der Waals surface area contributed by atoms with Gasteiger partial charge in [0.05, 0.1) is 17.9 Å². The summed E-state index contributed by atoms with van der Waals surface area (Å²) in [4.78, 5) is 12.6. The summed E-state index contributed by atoms with van der Waals surface area (Å²) < 4.78 is 0. The first-order valence-electron chi connectivity index (χ1n) is 7.68. The topological polar surface area (TPSA) is 78.9 Å². The Kier molecular flexibility index (Phi) is 5.35. The molecule has 0 unspecified atom stereocenters. The van der Waals surface area contributed by atoms with Crippen molar-refractivity contribution in [1.29, 1.82) is 5.26 Å². The molecule has 0 heterocycles. The normalized spacial score (nSPS) is 17.5. The van der Waals surface area contributed by atoms with Crippen LogP contribution in [-0.4, -0.2) is 12.5 Å². The minimum Gasteiger partial charge on any atom is -0.329 e. The largest absolute Gasteiger partial charge is 0.329 e. The summed E-state index contributed by atoms with van der Waals surface area (Å²) in [5, 5.41) is 11.7. The van der Waals surface area contributed by atoms with E-state index < -0.39 is 5.41 Å². The quantitative estimate of drug-likeness (QED) is 0.835.